The van der Waals surface area contributed by atoms with Crippen molar-refractivity contribution in [2.24, 2.45) is 0 Å². The summed E-state index contributed by atoms with van der Waals surface area (Å²) in [6, 6.07) is 13.0. The number of anilines is 2. The molecule has 6 rings (SSSR count). The normalized spacial score (nSPS) is 16.6. The number of amides is 2. The number of aromatic nitrogens is 5. The molecule has 61 heavy (non-hydrogen) atoms. The van der Waals surface area contributed by atoms with Crippen molar-refractivity contribution in [1.29, 1.82) is 0 Å². The van der Waals surface area contributed by atoms with E-state index in [-0.39, 0.29) is 54.3 Å². The molecule has 0 radical (unpaired) electrons. The van der Waals surface area contributed by atoms with Crippen molar-refractivity contribution in [3.8, 4) is 17.0 Å². The van der Waals surface area contributed by atoms with Gasteiger partial charge in [0.15, 0.2) is 34.4 Å². The van der Waals surface area contributed by atoms with Crippen LogP contribution in [0.5, 0.6) is 5.75 Å². The number of pyridine rings is 1. The number of halogens is 4. The van der Waals surface area contributed by atoms with Crippen LogP contribution in [0.2, 0.25) is 0 Å². The minimum absolute atomic E-state index is 0.0316. The zero-order chi connectivity index (χ0) is 44.3. The van der Waals surface area contributed by atoms with Crippen LogP contribution >= 0.6 is 0 Å². The monoisotopic (exact) mass is 850 g/mol. The number of fused-ring (bicyclic) bond motifs is 1. The van der Waals surface area contributed by atoms with E-state index < -0.39 is 58.8 Å². The molecule has 0 unspecified atom stereocenters. The molecule has 0 bridgehead atoms. The fourth-order valence-electron chi connectivity index (χ4n) is 7.21. The molecule has 1 fully saturated rings. The number of methoxy groups -OCH3 is 1. The van der Waals surface area contributed by atoms with Gasteiger partial charge in [-0.05, 0) is 90.1 Å². The smallest absolute Gasteiger partial charge is 0.425 e. The maximum absolute atomic E-state index is 15.0. The van der Waals surface area contributed by atoms with Crippen LogP contribution in [0.15, 0.2) is 67.4 Å². The number of rotatable bonds is 11. The number of benzene rings is 2. The fourth-order valence-corrected chi connectivity index (χ4v) is 7.21. The summed E-state index contributed by atoms with van der Waals surface area (Å²) < 4.78 is 76.8. The third-order valence-electron chi connectivity index (χ3n) is 9.96. The first-order valence-corrected chi connectivity index (χ1v) is 19.7. The zero-order valence-electron chi connectivity index (χ0n) is 35.1. The Morgan fingerprint density at radius 1 is 0.934 bits per heavy atom. The van der Waals surface area contributed by atoms with E-state index in [9.17, 15) is 23.5 Å². The molecule has 2 aromatic carbocycles. The predicted octanol–water partition coefficient (Wildman–Crippen LogP) is 8.04. The highest BCUT2D eigenvalue weighted by atomic mass is 19.3. The molecule has 1 saturated heterocycles. The van der Waals surface area contributed by atoms with E-state index in [1.54, 1.807) is 52.2 Å². The maximum atomic E-state index is 15.0. The Morgan fingerprint density at radius 2 is 1.59 bits per heavy atom. The van der Waals surface area contributed by atoms with E-state index in [1.807, 2.05) is 35.2 Å². The summed E-state index contributed by atoms with van der Waals surface area (Å²) in [5.74, 6) is -2.67. The SMILES string of the molecule is COc1c(F)cc(-c2cc(Cn3cnc4c(N(C(=O)OC(C)(C)C)C(=O)OC(C)(C)C)ncnc43)c(N3CCCC[C@](NCc4ccccc4)([C@H](O)C(F)F)C3)cn2)cc1F. The number of ether oxygens (including phenoxy) is 3. The Morgan fingerprint density at radius 3 is 2.20 bits per heavy atom. The summed E-state index contributed by atoms with van der Waals surface area (Å²) in [6.45, 7) is 10.4. The molecule has 4 heterocycles. The molecule has 0 aliphatic carbocycles. The number of nitrogens with one attached hydrogen (secondary N) is 1. The Labute approximate surface area is 350 Å². The lowest BCUT2D eigenvalue weighted by atomic mass is 9.86. The van der Waals surface area contributed by atoms with Gasteiger partial charge in [-0.15, -0.1) is 0 Å². The number of aliphatic hydroxyl groups excluding tert-OH is 1. The van der Waals surface area contributed by atoms with E-state index in [2.05, 4.69) is 25.3 Å². The number of alkyl halides is 2. The van der Waals surface area contributed by atoms with E-state index >= 15 is 8.78 Å². The second kappa shape index (κ2) is 18.0. The summed E-state index contributed by atoms with van der Waals surface area (Å²) in [5, 5.41) is 14.5. The fraction of sp³-hybridized carbons (Fsp3) is 0.442. The molecule has 18 heteroatoms. The molecule has 2 amide bonds. The van der Waals surface area contributed by atoms with E-state index in [0.717, 1.165) is 31.1 Å². The summed E-state index contributed by atoms with van der Waals surface area (Å²) >= 11 is 0. The Kier molecular flexibility index (Phi) is 13.2. The van der Waals surface area contributed by atoms with Crippen molar-refractivity contribution in [3.05, 3.63) is 90.1 Å². The molecule has 326 valence electrons. The van der Waals surface area contributed by atoms with Crippen LogP contribution in [0.3, 0.4) is 0 Å². The first-order valence-electron chi connectivity index (χ1n) is 19.7. The molecule has 1 aliphatic heterocycles. The van der Waals surface area contributed by atoms with Crippen LogP contribution in [0.4, 0.5) is 38.7 Å². The predicted molar refractivity (Wildman–Crippen MR) is 220 cm³/mol. The summed E-state index contributed by atoms with van der Waals surface area (Å²) in [4.78, 5) is 47.4. The molecule has 0 spiro atoms. The largest absolute Gasteiger partial charge is 0.491 e. The summed E-state index contributed by atoms with van der Waals surface area (Å²) in [6.07, 6.45) is -1.83. The molecule has 3 aromatic heterocycles. The quantitative estimate of drug-likeness (QED) is 0.124. The molecule has 2 atom stereocenters. The minimum Gasteiger partial charge on any atom is -0.491 e. The number of hydrogen-bond acceptors (Lipinski definition) is 12. The lowest BCUT2D eigenvalue weighted by Gasteiger charge is -2.41. The van der Waals surface area contributed by atoms with Gasteiger partial charge in [-0.1, -0.05) is 30.3 Å². The second-order valence-corrected chi connectivity index (χ2v) is 16.9. The van der Waals surface area contributed by atoms with Crippen LogP contribution in [0.1, 0.15) is 71.9 Å². The number of hydrogen-bond donors (Lipinski definition) is 2. The standard InChI is InChI=1S/C43H50F4N8O6/c1-41(2,3)60-39(57)55(40(58)61-42(4,5)6)38-33-37(49-24-50-38)54(25-51-33)22-28-19-31(27-17-29(44)34(59-7)30(45)18-27)48-21-32(28)53-16-12-11-15-43(23-53,35(56)36(46)47)52-20-26-13-9-8-10-14-26/h8-10,13-14,17-19,21,24-25,35-36,52,56H,11-12,15-16,20,22-23H2,1-7H3/t35-,43-/m1/s1. The van der Waals surface area contributed by atoms with Gasteiger partial charge in [0.05, 0.1) is 43.1 Å². The third-order valence-corrected chi connectivity index (χ3v) is 9.96. The molecule has 5 aromatic rings. The number of carbonyl (C=O) groups excluding carboxylic acids is 2. The topological polar surface area (TPSA) is 157 Å². The molecule has 1 aliphatic rings. The van der Waals surface area contributed by atoms with Crippen LogP contribution in [0, 0.1) is 11.6 Å². The molecular formula is C43H50F4N8O6. The van der Waals surface area contributed by atoms with Gasteiger partial charge in [-0.3, -0.25) is 4.98 Å². The molecule has 2 N–H and O–H groups in total. The molecule has 14 nitrogen and oxygen atoms in total. The average Bonchev–Trinajstić information content (AvgIpc) is 3.46. The van der Waals surface area contributed by atoms with E-state index in [4.69, 9.17) is 14.2 Å². The van der Waals surface area contributed by atoms with E-state index in [0.29, 0.717) is 35.5 Å². The van der Waals surface area contributed by atoms with Gasteiger partial charge in [0, 0.05) is 25.2 Å². The Balaban J connectivity index is 1.46. The highest BCUT2D eigenvalue weighted by Crippen LogP contribution is 2.36. The van der Waals surface area contributed by atoms with Crippen molar-refractivity contribution in [1.82, 2.24) is 29.8 Å². The van der Waals surface area contributed by atoms with Crippen molar-refractivity contribution in [2.75, 3.05) is 30.0 Å². The number of imidazole rings is 1. The molecular weight excluding hydrogens is 801 g/mol. The average molecular weight is 851 g/mol. The van der Waals surface area contributed by atoms with Gasteiger partial charge >= 0.3 is 12.2 Å². The number of aliphatic hydroxyl groups is 1. The number of carbonyl (C=O) groups is 2. The van der Waals surface area contributed by atoms with Gasteiger partial charge in [0.2, 0.25) is 0 Å². The number of nitrogens with zero attached hydrogens (tertiary/aromatic N) is 7. The summed E-state index contributed by atoms with van der Waals surface area (Å²) in [7, 11) is 1.15. The van der Waals surface area contributed by atoms with Crippen molar-refractivity contribution in [2.45, 2.75) is 103 Å². The lowest BCUT2D eigenvalue weighted by molar-refractivity contribution is -0.0615. The first-order chi connectivity index (χ1) is 28.8. The van der Waals surface area contributed by atoms with Crippen molar-refractivity contribution >= 4 is 34.9 Å². The van der Waals surface area contributed by atoms with E-state index in [1.165, 1.54) is 12.5 Å². The first kappa shape index (κ1) is 44.7. The van der Waals surface area contributed by atoms with Gasteiger partial charge in [0.25, 0.3) is 6.43 Å². The molecule has 0 saturated carbocycles. The zero-order valence-corrected chi connectivity index (χ0v) is 35.1. The second-order valence-electron chi connectivity index (χ2n) is 16.9. The third kappa shape index (κ3) is 10.4. The highest BCUT2D eigenvalue weighted by molar-refractivity contribution is 6.12. The van der Waals surface area contributed by atoms with Crippen LogP contribution < -0.4 is 19.9 Å². The lowest BCUT2D eigenvalue weighted by Crippen LogP contribution is -2.62. The van der Waals surface area contributed by atoms with Crippen molar-refractivity contribution < 1.29 is 46.5 Å². The number of imide groups is 1. The van der Waals surface area contributed by atoms with Crippen molar-refractivity contribution in [3.63, 3.8) is 0 Å². The Bertz CT molecular complexity index is 2300. The van der Waals surface area contributed by atoms with Gasteiger partial charge < -0.3 is 34.1 Å². The van der Waals surface area contributed by atoms with Crippen LogP contribution in [-0.2, 0) is 22.6 Å². The Hall–Kier alpha value is -5.88. The van der Waals surface area contributed by atoms with Gasteiger partial charge in [-0.2, -0.15) is 4.90 Å². The summed E-state index contributed by atoms with van der Waals surface area (Å²) in [5.41, 5.74) is -1.15. The van der Waals surface area contributed by atoms with Gasteiger partial charge in [-0.25, -0.2) is 42.1 Å². The van der Waals surface area contributed by atoms with Crippen LogP contribution in [0.25, 0.3) is 22.4 Å². The maximum Gasteiger partial charge on any atom is 0.425 e. The highest BCUT2D eigenvalue weighted by Gasteiger charge is 2.45. The minimum atomic E-state index is -3.06. The van der Waals surface area contributed by atoms with Gasteiger partial charge in [0.1, 0.15) is 23.6 Å². The van der Waals surface area contributed by atoms with Crippen LogP contribution in [-0.4, -0.2) is 91.3 Å².